The van der Waals surface area contributed by atoms with Crippen LogP contribution in [0, 0.1) is 17.8 Å². The summed E-state index contributed by atoms with van der Waals surface area (Å²) in [5.74, 6) is -1.48. The average Bonchev–Trinajstić information content (AvgIpc) is 3.34. The van der Waals surface area contributed by atoms with Gasteiger partial charge < -0.3 is 49.0 Å². The van der Waals surface area contributed by atoms with Gasteiger partial charge in [0.25, 0.3) is 0 Å². The minimum absolute atomic E-state index is 0.0164. The number of allylic oxidation sites excluding steroid dienone is 1. The lowest BCUT2D eigenvalue weighted by Gasteiger charge is -2.59. The third kappa shape index (κ3) is 11.9. The van der Waals surface area contributed by atoms with E-state index in [1.807, 2.05) is 97.1 Å². The highest BCUT2D eigenvalue weighted by Crippen LogP contribution is 2.61. The Bertz CT molecular complexity index is 2240. The Labute approximate surface area is 388 Å². The number of aliphatic hydroxyl groups excluding tert-OH is 2. The Kier molecular flexibility index (Phi) is 17.4. The predicted octanol–water partition coefficient (Wildman–Crippen LogP) is 9.09. The van der Waals surface area contributed by atoms with Crippen LogP contribution < -0.4 is 14.8 Å². The van der Waals surface area contributed by atoms with E-state index in [0.29, 0.717) is 43.2 Å². The minimum Gasteiger partial charge on any atom is -0.459 e. The number of nitrogens with one attached hydrogen (secondary N) is 1. The molecule has 7 rings (SSSR count). The molecule has 0 spiro atoms. The van der Waals surface area contributed by atoms with Crippen LogP contribution in [-0.4, -0.2) is 84.9 Å². The quantitative estimate of drug-likeness (QED) is 0.0373. The molecule has 0 bridgehead atoms. The molecule has 0 saturated heterocycles. The van der Waals surface area contributed by atoms with Crippen LogP contribution in [0.1, 0.15) is 73.1 Å². The minimum atomic E-state index is -1.48. The van der Waals surface area contributed by atoms with Gasteiger partial charge in [0.05, 0.1) is 31.5 Å². The molecule has 6 atom stereocenters. The van der Waals surface area contributed by atoms with Gasteiger partial charge in [-0.2, -0.15) is 0 Å². The van der Waals surface area contributed by atoms with Crippen molar-refractivity contribution in [1.82, 2.24) is 10.2 Å². The van der Waals surface area contributed by atoms with E-state index in [0.717, 1.165) is 53.5 Å². The van der Waals surface area contributed by atoms with E-state index < -0.39 is 29.9 Å². The summed E-state index contributed by atoms with van der Waals surface area (Å²) in [4.78, 5) is 35.2. The van der Waals surface area contributed by atoms with Crippen molar-refractivity contribution >= 4 is 17.9 Å². The highest BCUT2D eigenvalue weighted by molar-refractivity contribution is 6.03. The zero-order chi connectivity index (χ0) is 46.1. The molecule has 3 aliphatic rings. The fourth-order valence-corrected chi connectivity index (χ4v) is 9.64. The van der Waals surface area contributed by atoms with Gasteiger partial charge in [-0.25, -0.2) is 9.59 Å². The SMILES string of the molecule is C=CCO[C@@]12Oc3ccc(OC(=O)NCc4ccccc4)cc3[C@H]3[C@H](CCCCO)[C@@H](CCCCO)C=C(C(=NOCc4ccccc4)C[C@@H]1N(C)C(=O)OCCOCc1ccccc1)[C@H]32. The number of ether oxygens (including phenoxy) is 5. The molecular weight excluding hydrogens is 839 g/mol. The number of nitrogens with zero attached hydrogens (tertiary/aromatic N) is 2. The van der Waals surface area contributed by atoms with Crippen molar-refractivity contribution in [3.8, 4) is 11.5 Å². The normalized spacial score (nSPS) is 22.2. The van der Waals surface area contributed by atoms with Crippen LogP contribution in [0.3, 0.4) is 0 Å². The summed E-state index contributed by atoms with van der Waals surface area (Å²) < 4.78 is 31.8. The van der Waals surface area contributed by atoms with Gasteiger partial charge in [-0.05, 0) is 78.0 Å². The monoisotopic (exact) mass is 901 g/mol. The third-order valence-corrected chi connectivity index (χ3v) is 12.7. The lowest BCUT2D eigenvalue weighted by Crippen LogP contribution is -2.69. The van der Waals surface area contributed by atoms with Gasteiger partial charge >= 0.3 is 12.2 Å². The molecule has 2 amide bonds. The smallest absolute Gasteiger partial charge is 0.412 e. The first-order valence-corrected chi connectivity index (χ1v) is 23.1. The van der Waals surface area contributed by atoms with E-state index in [-0.39, 0.29) is 63.8 Å². The highest BCUT2D eigenvalue weighted by atomic mass is 16.7. The highest BCUT2D eigenvalue weighted by Gasteiger charge is 2.65. The summed E-state index contributed by atoms with van der Waals surface area (Å²) in [5.41, 5.74) is 5.26. The molecule has 1 heterocycles. The van der Waals surface area contributed by atoms with Crippen molar-refractivity contribution in [2.45, 2.75) is 82.5 Å². The van der Waals surface area contributed by atoms with Crippen LogP contribution in [0.4, 0.5) is 9.59 Å². The summed E-state index contributed by atoms with van der Waals surface area (Å²) in [7, 11) is 1.69. The Balaban J connectivity index is 1.29. The van der Waals surface area contributed by atoms with Crippen LogP contribution in [0.15, 0.2) is 139 Å². The summed E-state index contributed by atoms with van der Waals surface area (Å²) in [6.45, 7) is 5.37. The van der Waals surface area contributed by atoms with Gasteiger partial charge in [0.2, 0.25) is 5.79 Å². The number of rotatable bonds is 23. The molecule has 0 aromatic heterocycles. The number of aliphatic hydroxyl groups is 2. The van der Waals surface area contributed by atoms with E-state index >= 15 is 0 Å². The number of unbranched alkanes of at least 4 members (excludes halogenated alkanes) is 2. The number of amides is 2. The van der Waals surface area contributed by atoms with Crippen molar-refractivity contribution in [1.29, 1.82) is 0 Å². The summed E-state index contributed by atoms with van der Waals surface area (Å²) in [6.07, 6.45) is 7.30. The number of carbonyl (C=O) groups is 2. The van der Waals surface area contributed by atoms with E-state index in [2.05, 4.69) is 18.0 Å². The predicted molar refractivity (Wildman–Crippen MR) is 251 cm³/mol. The van der Waals surface area contributed by atoms with Crippen LogP contribution in [0.2, 0.25) is 0 Å². The maximum atomic E-state index is 14.2. The van der Waals surface area contributed by atoms with Gasteiger partial charge in [0.1, 0.15) is 30.8 Å². The maximum absolute atomic E-state index is 14.2. The number of fused-ring (bicyclic) bond motifs is 2. The van der Waals surface area contributed by atoms with E-state index in [4.69, 9.17) is 33.7 Å². The van der Waals surface area contributed by atoms with E-state index in [1.165, 1.54) is 4.90 Å². The average molecular weight is 902 g/mol. The number of carbonyl (C=O) groups excluding carboxylic acids is 2. The number of likely N-dealkylation sites (N-methyl/N-ethyl adjacent to an activating group) is 1. The van der Waals surface area contributed by atoms with Crippen molar-refractivity contribution in [2.75, 3.05) is 40.1 Å². The van der Waals surface area contributed by atoms with E-state index in [9.17, 15) is 19.8 Å². The van der Waals surface area contributed by atoms with Crippen LogP contribution in [0.5, 0.6) is 11.5 Å². The van der Waals surface area contributed by atoms with Gasteiger partial charge in [0.15, 0.2) is 0 Å². The summed E-state index contributed by atoms with van der Waals surface area (Å²) in [5, 5.41) is 27.6. The Morgan fingerprint density at radius 1 is 0.864 bits per heavy atom. The lowest BCUT2D eigenvalue weighted by molar-refractivity contribution is -0.253. The largest absolute Gasteiger partial charge is 0.459 e. The van der Waals surface area contributed by atoms with Gasteiger partial charge in [-0.15, -0.1) is 6.58 Å². The summed E-state index contributed by atoms with van der Waals surface area (Å²) in [6, 6.07) is 33.8. The molecule has 4 aromatic rings. The van der Waals surface area contributed by atoms with E-state index in [1.54, 1.807) is 25.3 Å². The van der Waals surface area contributed by atoms with Crippen LogP contribution in [0.25, 0.3) is 0 Å². The standard InChI is InChI=1S/C53H63N3O10/c1-3-29-63-53-48(56(2)52(60)62-31-30-61-36-39-19-9-5-10-20-39)34-46(55-64-37-40-21-11-6-12-22-40)44-32-41(23-13-15-27-57)43(24-14-16-28-58)49(50(44)53)45-33-42(25-26-47(45)66-53)65-51(59)54-35-38-17-7-4-8-18-38/h3-12,17-22,25-26,32-33,41,43,48-50,57-58H,1,13-16,23-24,27-31,34-37H2,2H3,(H,54,59)/t41-,43+,48-,49+,50+,53+/m0/s1. The first kappa shape index (κ1) is 48.0. The molecule has 1 aliphatic heterocycles. The first-order chi connectivity index (χ1) is 32.3. The number of benzene rings is 4. The fourth-order valence-electron chi connectivity index (χ4n) is 9.64. The molecule has 0 radical (unpaired) electrons. The molecule has 2 aliphatic carbocycles. The van der Waals surface area contributed by atoms with Gasteiger partial charge in [0, 0.05) is 44.7 Å². The van der Waals surface area contributed by atoms with Gasteiger partial charge in [-0.1, -0.05) is 121 Å². The van der Waals surface area contributed by atoms with Crippen molar-refractivity contribution in [3.05, 3.63) is 156 Å². The molecular formula is C53H63N3O10. The molecule has 1 saturated carbocycles. The van der Waals surface area contributed by atoms with Crippen LogP contribution in [-0.2, 0) is 38.8 Å². The zero-order valence-corrected chi connectivity index (χ0v) is 37.8. The molecule has 4 aromatic carbocycles. The summed E-state index contributed by atoms with van der Waals surface area (Å²) >= 11 is 0. The number of hydrogen-bond donors (Lipinski definition) is 3. The Morgan fingerprint density at radius 3 is 2.21 bits per heavy atom. The van der Waals surface area contributed by atoms with Gasteiger partial charge in [-0.3, -0.25) is 0 Å². The fraction of sp³-hybridized carbons (Fsp3) is 0.415. The molecule has 13 heteroatoms. The Morgan fingerprint density at radius 2 is 1.53 bits per heavy atom. The third-order valence-electron chi connectivity index (χ3n) is 12.7. The second-order valence-electron chi connectivity index (χ2n) is 17.0. The molecule has 13 nitrogen and oxygen atoms in total. The number of hydrogen-bond acceptors (Lipinski definition) is 11. The zero-order valence-electron chi connectivity index (χ0n) is 37.8. The maximum Gasteiger partial charge on any atom is 0.412 e. The van der Waals surface area contributed by atoms with Crippen molar-refractivity contribution in [2.24, 2.45) is 22.9 Å². The van der Waals surface area contributed by atoms with Crippen LogP contribution >= 0.6 is 0 Å². The molecule has 350 valence electrons. The lowest BCUT2D eigenvalue weighted by atomic mass is 9.55. The molecule has 66 heavy (non-hydrogen) atoms. The van der Waals surface area contributed by atoms with Crippen molar-refractivity contribution < 1.29 is 48.3 Å². The molecule has 0 unspecified atom stereocenters. The first-order valence-electron chi connectivity index (χ1n) is 23.1. The number of oxime groups is 1. The Hall–Kier alpha value is -5.99. The second kappa shape index (κ2) is 24.0. The topological polar surface area (TPSA) is 158 Å². The second-order valence-corrected chi connectivity index (χ2v) is 17.0. The molecule has 3 N–H and O–H groups in total. The van der Waals surface area contributed by atoms with Crippen molar-refractivity contribution in [3.63, 3.8) is 0 Å². The molecule has 1 fully saturated rings.